The fourth-order valence-electron chi connectivity index (χ4n) is 2.71. The zero-order chi connectivity index (χ0) is 18.6. The van der Waals surface area contributed by atoms with Gasteiger partial charge in [0.25, 0.3) is 0 Å². The topological polar surface area (TPSA) is 38.1 Å². The summed E-state index contributed by atoms with van der Waals surface area (Å²) in [7, 11) is 1.87. The maximum atomic E-state index is 12.6. The van der Waals surface area contributed by atoms with Crippen LogP contribution in [0.15, 0.2) is 35.5 Å². The molecule has 0 aliphatic rings. The van der Waals surface area contributed by atoms with Gasteiger partial charge < -0.3 is 9.47 Å². The van der Waals surface area contributed by atoms with E-state index in [1.54, 1.807) is 0 Å². The largest absolute Gasteiger partial charge is 0.338 e. The Hall–Kier alpha value is -1.75. The van der Waals surface area contributed by atoms with Crippen molar-refractivity contribution in [2.45, 2.75) is 52.4 Å². The van der Waals surface area contributed by atoms with Gasteiger partial charge in [0.1, 0.15) is 0 Å². The van der Waals surface area contributed by atoms with Crippen LogP contribution >= 0.6 is 11.8 Å². The Labute approximate surface area is 155 Å². The molecule has 1 unspecified atom stereocenters. The SMILES string of the molecule is Cc1nc(SCC(=O)N(C)C(C)c2ccccc2)n(CC(C)C)c1C. The molecule has 1 atom stereocenters. The fraction of sp³-hybridized carbons (Fsp3) is 0.500. The lowest BCUT2D eigenvalue weighted by Gasteiger charge is -2.25. The van der Waals surface area contributed by atoms with Crippen molar-refractivity contribution in [2.75, 3.05) is 12.8 Å². The van der Waals surface area contributed by atoms with Gasteiger partial charge in [0.2, 0.25) is 5.91 Å². The van der Waals surface area contributed by atoms with Crippen molar-refractivity contribution in [3.63, 3.8) is 0 Å². The molecule has 2 aromatic rings. The predicted octanol–water partition coefficient (Wildman–Crippen LogP) is 4.47. The van der Waals surface area contributed by atoms with Crippen molar-refractivity contribution >= 4 is 17.7 Å². The summed E-state index contributed by atoms with van der Waals surface area (Å²) in [6.45, 7) is 11.5. The third-order valence-electron chi connectivity index (χ3n) is 4.55. The summed E-state index contributed by atoms with van der Waals surface area (Å²) in [6, 6.07) is 10.2. The first kappa shape index (κ1) is 19.6. The Kier molecular flexibility index (Phi) is 6.71. The zero-order valence-electron chi connectivity index (χ0n) is 16.1. The van der Waals surface area contributed by atoms with Gasteiger partial charge in [0, 0.05) is 19.3 Å². The number of carbonyl (C=O) groups is 1. The van der Waals surface area contributed by atoms with Gasteiger partial charge in [-0.05, 0) is 32.3 Å². The third kappa shape index (κ3) is 4.88. The molecular formula is C20H29N3OS. The highest BCUT2D eigenvalue weighted by Gasteiger charge is 2.19. The van der Waals surface area contributed by atoms with Crippen LogP contribution in [-0.4, -0.2) is 33.2 Å². The van der Waals surface area contributed by atoms with E-state index in [0.29, 0.717) is 11.7 Å². The maximum absolute atomic E-state index is 12.6. The first-order valence-corrected chi connectivity index (χ1v) is 9.77. The number of imidazole rings is 1. The highest BCUT2D eigenvalue weighted by Crippen LogP contribution is 2.24. The van der Waals surface area contributed by atoms with Gasteiger partial charge >= 0.3 is 0 Å². The first-order valence-electron chi connectivity index (χ1n) is 8.78. The highest BCUT2D eigenvalue weighted by atomic mass is 32.2. The van der Waals surface area contributed by atoms with Crippen LogP contribution in [0.2, 0.25) is 0 Å². The van der Waals surface area contributed by atoms with Crippen LogP contribution in [0, 0.1) is 19.8 Å². The Morgan fingerprint density at radius 1 is 1.20 bits per heavy atom. The van der Waals surface area contributed by atoms with Crippen LogP contribution in [0.25, 0.3) is 0 Å². The second-order valence-corrected chi connectivity index (χ2v) is 7.89. The van der Waals surface area contributed by atoms with Crippen LogP contribution in [0.3, 0.4) is 0 Å². The highest BCUT2D eigenvalue weighted by molar-refractivity contribution is 7.99. The number of amides is 1. The van der Waals surface area contributed by atoms with E-state index in [-0.39, 0.29) is 11.9 Å². The number of nitrogens with zero attached hydrogens (tertiary/aromatic N) is 3. The summed E-state index contributed by atoms with van der Waals surface area (Å²) < 4.78 is 2.23. The normalized spacial score (nSPS) is 12.4. The van der Waals surface area contributed by atoms with Gasteiger partial charge in [-0.3, -0.25) is 4.79 Å². The molecule has 1 aromatic carbocycles. The molecule has 5 heteroatoms. The molecule has 1 heterocycles. The molecule has 0 spiro atoms. The Morgan fingerprint density at radius 3 is 2.44 bits per heavy atom. The van der Waals surface area contributed by atoms with Crippen LogP contribution in [0.4, 0.5) is 0 Å². The molecule has 0 N–H and O–H groups in total. The molecule has 25 heavy (non-hydrogen) atoms. The quantitative estimate of drug-likeness (QED) is 0.685. The average molecular weight is 360 g/mol. The number of hydrogen-bond acceptors (Lipinski definition) is 3. The van der Waals surface area contributed by atoms with Crippen LogP contribution in [0.5, 0.6) is 0 Å². The monoisotopic (exact) mass is 359 g/mol. The van der Waals surface area contributed by atoms with E-state index >= 15 is 0 Å². The van der Waals surface area contributed by atoms with Crippen molar-refractivity contribution in [1.82, 2.24) is 14.5 Å². The zero-order valence-corrected chi connectivity index (χ0v) is 16.9. The lowest BCUT2D eigenvalue weighted by atomic mass is 10.1. The van der Waals surface area contributed by atoms with Gasteiger partial charge in [-0.25, -0.2) is 4.98 Å². The Morgan fingerprint density at radius 2 is 1.84 bits per heavy atom. The number of thioether (sulfide) groups is 1. The summed E-state index contributed by atoms with van der Waals surface area (Å²) >= 11 is 1.53. The number of benzene rings is 1. The van der Waals surface area contributed by atoms with E-state index in [9.17, 15) is 4.79 Å². The summed E-state index contributed by atoms with van der Waals surface area (Å²) in [5, 5.41) is 0.942. The molecule has 0 radical (unpaired) electrons. The molecule has 136 valence electrons. The minimum absolute atomic E-state index is 0.0631. The van der Waals surface area contributed by atoms with Gasteiger partial charge in [-0.15, -0.1) is 0 Å². The van der Waals surface area contributed by atoms with Gasteiger partial charge in [0.15, 0.2) is 5.16 Å². The first-order chi connectivity index (χ1) is 11.8. The lowest BCUT2D eigenvalue weighted by molar-refractivity contribution is -0.128. The summed E-state index contributed by atoms with van der Waals surface area (Å²) in [4.78, 5) is 19.1. The van der Waals surface area contributed by atoms with Crippen molar-refractivity contribution in [1.29, 1.82) is 0 Å². The molecule has 4 nitrogen and oxygen atoms in total. The number of hydrogen-bond donors (Lipinski definition) is 0. The molecule has 0 bridgehead atoms. The molecule has 2 rings (SSSR count). The molecule has 0 aliphatic carbocycles. The summed E-state index contributed by atoms with van der Waals surface area (Å²) in [5.74, 6) is 1.07. The molecule has 0 fully saturated rings. The minimum Gasteiger partial charge on any atom is -0.338 e. The van der Waals surface area contributed by atoms with Crippen molar-refractivity contribution in [2.24, 2.45) is 5.92 Å². The summed E-state index contributed by atoms with van der Waals surface area (Å²) in [5.41, 5.74) is 3.38. The number of rotatable bonds is 7. The van der Waals surface area contributed by atoms with Crippen molar-refractivity contribution in [3.8, 4) is 0 Å². The maximum Gasteiger partial charge on any atom is 0.233 e. The predicted molar refractivity (Wildman–Crippen MR) is 105 cm³/mol. The fourth-order valence-corrected chi connectivity index (χ4v) is 3.74. The third-order valence-corrected chi connectivity index (χ3v) is 5.51. The van der Waals surface area contributed by atoms with Crippen LogP contribution < -0.4 is 0 Å². The van der Waals surface area contributed by atoms with Crippen molar-refractivity contribution in [3.05, 3.63) is 47.3 Å². The van der Waals surface area contributed by atoms with Gasteiger partial charge in [-0.2, -0.15) is 0 Å². The lowest BCUT2D eigenvalue weighted by Crippen LogP contribution is -2.31. The van der Waals surface area contributed by atoms with E-state index in [2.05, 4.69) is 49.4 Å². The van der Waals surface area contributed by atoms with E-state index < -0.39 is 0 Å². The smallest absolute Gasteiger partial charge is 0.233 e. The standard InChI is InChI=1S/C20H29N3OS/c1-14(2)12-23-16(4)15(3)21-20(23)25-13-19(24)22(6)17(5)18-10-8-7-9-11-18/h7-11,14,17H,12-13H2,1-6H3. The van der Waals surface area contributed by atoms with Crippen LogP contribution in [0.1, 0.15) is 43.8 Å². The molecule has 0 saturated heterocycles. The van der Waals surface area contributed by atoms with Gasteiger partial charge in [-0.1, -0.05) is 55.9 Å². The number of aryl methyl sites for hydroxylation is 1. The second-order valence-electron chi connectivity index (χ2n) is 6.95. The average Bonchev–Trinajstić information content (AvgIpc) is 2.86. The van der Waals surface area contributed by atoms with Gasteiger partial charge in [0.05, 0.1) is 17.5 Å². The number of aromatic nitrogens is 2. The number of carbonyl (C=O) groups excluding carboxylic acids is 1. The van der Waals surface area contributed by atoms with E-state index in [0.717, 1.165) is 23.0 Å². The van der Waals surface area contributed by atoms with Crippen molar-refractivity contribution < 1.29 is 4.79 Å². The second kappa shape index (κ2) is 8.56. The molecule has 1 amide bonds. The Bertz CT molecular complexity index is 709. The van der Waals surface area contributed by atoms with E-state index in [4.69, 9.17) is 0 Å². The van der Waals surface area contributed by atoms with E-state index in [1.807, 2.05) is 37.1 Å². The summed E-state index contributed by atoms with van der Waals surface area (Å²) in [6.07, 6.45) is 0. The molecule has 0 saturated carbocycles. The van der Waals surface area contributed by atoms with Crippen LogP contribution in [-0.2, 0) is 11.3 Å². The molecule has 1 aromatic heterocycles. The Balaban J connectivity index is 2.03. The van der Waals surface area contributed by atoms with E-state index in [1.165, 1.54) is 17.5 Å². The molecular weight excluding hydrogens is 330 g/mol. The molecule has 0 aliphatic heterocycles. The minimum atomic E-state index is 0.0631.